The van der Waals surface area contributed by atoms with Crippen molar-refractivity contribution in [1.82, 2.24) is 24.9 Å². The first-order valence-electron chi connectivity index (χ1n) is 9.42. The van der Waals surface area contributed by atoms with Crippen LogP contribution >= 0.6 is 23.4 Å². The number of carbonyl (C=O) groups is 1. The molecule has 2 aromatic heterocycles. The summed E-state index contributed by atoms with van der Waals surface area (Å²) in [6.45, 7) is 2.17. The number of aryl methyl sites for hydroxylation is 1. The highest BCUT2D eigenvalue weighted by atomic mass is 35.5. The summed E-state index contributed by atoms with van der Waals surface area (Å²) in [6, 6.07) is 11.0. The first-order valence-corrected chi connectivity index (χ1v) is 10.8. The number of nitrogens with one attached hydrogen (secondary N) is 1. The van der Waals surface area contributed by atoms with Gasteiger partial charge in [-0.15, -0.1) is 5.10 Å². The molecule has 1 N–H and O–H groups in total. The van der Waals surface area contributed by atoms with Gasteiger partial charge in [0.2, 0.25) is 5.91 Å². The van der Waals surface area contributed by atoms with Crippen LogP contribution in [0, 0.1) is 6.92 Å². The number of amides is 1. The fourth-order valence-corrected chi connectivity index (χ4v) is 4.10. The van der Waals surface area contributed by atoms with Gasteiger partial charge < -0.3 is 14.8 Å². The van der Waals surface area contributed by atoms with E-state index in [-0.39, 0.29) is 11.7 Å². The molecular formula is C21H20ClN5O3S. The van der Waals surface area contributed by atoms with Crippen molar-refractivity contribution in [3.05, 3.63) is 52.8 Å². The summed E-state index contributed by atoms with van der Waals surface area (Å²) in [5, 5.41) is 9.29. The molecule has 10 heteroatoms. The van der Waals surface area contributed by atoms with Crippen molar-refractivity contribution in [3.63, 3.8) is 0 Å². The highest BCUT2D eigenvalue weighted by Crippen LogP contribution is 2.34. The van der Waals surface area contributed by atoms with Crippen molar-refractivity contribution in [3.8, 4) is 11.5 Å². The summed E-state index contributed by atoms with van der Waals surface area (Å²) in [4.78, 5) is 21.6. The van der Waals surface area contributed by atoms with Gasteiger partial charge in [0.05, 0.1) is 25.5 Å². The molecule has 0 unspecified atom stereocenters. The smallest absolute Gasteiger partial charge is 0.230 e. The molecule has 0 radical (unpaired) electrons. The molecule has 0 aliphatic heterocycles. The summed E-state index contributed by atoms with van der Waals surface area (Å²) in [5.41, 5.74) is 2.18. The van der Waals surface area contributed by atoms with E-state index < -0.39 is 0 Å². The van der Waals surface area contributed by atoms with Crippen LogP contribution in [0.2, 0.25) is 5.02 Å². The number of halogens is 1. The van der Waals surface area contributed by atoms with Gasteiger partial charge in [-0.25, -0.2) is 9.97 Å². The van der Waals surface area contributed by atoms with E-state index in [2.05, 4.69) is 15.4 Å². The zero-order chi connectivity index (χ0) is 22.0. The molecule has 0 aliphatic rings. The maximum atomic E-state index is 12.4. The van der Waals surface area contributed by atoms with E-state index in [0.717, 1.165) is 10.9 Å². The van der Waals surface area contributed by atoms with Crippen LogP contribution in [-0.2, 0) is 11.3 Å². The molecule has 2 aromatic carbocycles. The van der Waals surface area contributed by atoms with Crippen molar-refractivity contribution in [2.45, 2.75) is 18.6 Å². The van der Waals surface area contributed by atoms with Crippen LogP contribution in [0.5, 0.6) is 11.5 Å². The second-order valence-electron chi connectivity index (χ2n) is 6.67. The van der Waals surface area contributed by atoms with Crippen molar-refractivity contribution in [2.24, 2.45) is 0 Å². The number of methoxy groups -OCH3 is 2. The molecule has 0 bridgehead atoms. The zero-order valence-corrected chi connectivity index (χ0v) is 18.8. The topological polar surface area (TPSA) is 90.6 Å². The Morgan fingerprint density at radius 3 is 2.65 bits per heavy atom. The average Bonchev–Trinajstić information content (AvgIpc) is 3.17. The van der Waals surface area contributed by atoms with E-state index in [0.29, 0.717) is 45.2 Å². The maximum Gasteiger partial charge on any atom is 0.230 e. The number of hydrogen-bond donors (Lipinski definition) is 1. The average molecular weight is 458 g/mol. The molecule has 0 saturated heterocycles. The maximum absolute atomic E-state index is 12.4. The van der Waals surface area contributed by atoms with Crippen molar-refractivity contribution < 1.29 is 14.3 Å². The lowest BCUT2D eigenvalue weighted by Crippen LogP contribution is -2.24. The minimum Gasteiger partial charge on any atom is -0.493 e. The number of thioether (sulfide) groups is 1. The normalized spacial score (nSPS) is 11.1. The van der Waals surface area contributed by atoms with Gasteiger partial charge in [0.25, 0.3) is 0 Å². The van der Waals surface area contributed by atoms with Crippen LogP contribution in [0.3, 0.4) is 0 Å². The third-order valence-corrected chi connectivity index (χ3v) is 5.92. The number of ether oxygens (including phenoxy) is 2. The largest absolute Gasteiger partial charge is 0.493 e. The van der Waals surface area contributed by atoms with E-state index in [4.69, 9.17) is 26.1 Å². The Morgan fingerprint density at radius 1 is 1.16 bits per heavy atom. The van der Waals surface area contributed by atoms with Gasteiger partial charge in [-0.05, 0) is 24.6 Å². The Morgan fingerprint density at radius 2 is 1.90 bits per heavy atom. The van der Waals surface area contributed by atoms with Crippen molar-refractivity contribution in [2.75, 3.05) is 20.0 Å². The summed E-state index contributed by atoms with van der Waals surface area (Å²) in [5.74, 6) is 1.79. The van der Waals surface area contributed by atoms with Gasteiger partial charge in [-0.1, -0.05) is 41.6 Å². The number of carbonyl (C=O) groups excluding carboxylic acids is 1. The van der Waals surface area contributed by atoms with Crippen LogP contribution in [0.4, 0.5) is 0 Å². The third kappa shape index (κ3) is 4.38. The number of nitrogens with zero attached hydrogens (tertiary/aromatic N) is 4. The third-order valence-electron chi connectivity index (χ3n) is 4.62. The highest BCUT2D eigenvalue weighted by Gasteiger charge is 2.17. The molecule has 8 nitrogen and oxygen atoms in total. The van der Waals surface area contributed by atoms with E-state index in [1.165, 1.54) is 11.8 Å². The molecule has 160 valence electrons. The number of aromatic nitrogens is 4. The lowest BCUT2D eigenvalue weighted by atomic mass is 10.2. The van der Waals surface area contributed by atoms with Crippen LogP contribution in [-0.4, -0.2) is 45.5 Å². The van der Waals surface area contributed by atoms with E-state index in [1.807, 2.05) is 31.2 Å². The van der Waals surface area contributed by atoms with Crippen LogP contribution < -0.4 is 14.8 Å². The van der Waals surface area contributed by atoms with Gasteiger partial charge in [0.1, 0.15) is 5.82 Å². The molecule has 0 aliphatic carbocycles. The lowest BCUT2D eigenvalue weighted by Gasteiger charge is -2.11. The molecule has 31 heavy (non-hydrogen) atoms. The van der Waals surface area contributed by atoms with E-state index in [9.17, 15) is 4.79 Å². The standard InChI is InChI=1S/C21H20ClN5O3S/c1-12-24-20-14-8-17(29-2)18(30-3)9-16(14)25-21(27(20)26-12)31-11-19(28)23-10-13-6-4-5-7-15(13)22/h4-9H,10-11H2,1-3H3,(H,23,28). The first-order chi connectivity index (χ1) is 15.0. The molecule has 2 heterocycles. The highest BCUT2D eigenvalue weighted by molar-refractivity contribution is 7.99. The van der Waals surface area contributed by atoms with Crippen LogP contribution in [0.1, 0.15) is 11.4 Å². The minimum absolute atomic E-state index is 0.135. The van der Waals surface area contributed by atoms with Crippen LogP contribution in [0.25, 0.3) is 16.6 Å². The Hall–Kier alpha value is -3.04. The Bertz CT molecular complexity index is 1280. The van der Waals surface area contributed by atoms with Gasteiger partial charge >= 0.3 is 0 Å². The number of benzene rings is 2. The van der Waals surface area contributed by atoms with Gasteiger partial charge in [-0.2, -0.15) is 4.52 Å². The lowest BCUT2D eigenvalue weighted by molar-refractivity contribution is -0.118. The van der Waals surface area contributed by atoms with Crippen molar-refractivity contribution in [1.29, 1.82) is 0 Å². The summed E-state index contributed by atoms with van der Waals surface area (Å²) in [7, 11) is 3.15. The van der Waals surface area contributed by atoms with E-state index >= 15 is 0 Å². The van der Waals surface area contributed by atoms with E-state index in [1.54, 1.807) is 30.9 Å². The SMILES string of the molecule is COc1cc2nc(SCC(=O)NCc3ccccc3Cl)n3nc(C)nc3c2cc1OC. The number of fused-ring (bicyclic) bond motifs is 3. The number of rotatable bonds is 7. The number of hydrogen-bond acceptors (Lipinski definition) is 7. The summed E-state index contributed by atoms with van der Waals surface area (Å²) < 4.78 is 12.4. The quantitative estimate of drug-likeness (QED) is 0.334. The second-order valence-corrected chi connectivity index (χ2v) is 8.02. The van der Waals surface area contributed by atoms with Gasteiger partial charge in [0, 0.05) is 23.0 Å². The molecule has 1 amide bonds. The van der Waals surface area contributed by atoms with Crippen molar-refractivity contribution >= 4 is 45.8 Å². The molecule has 0 fully saturated rings. The minimum atomic E-state index is -0.135. The van der Waals surface area contributed by atoms with Crippen LogP contribution in [0.15, 0.2) is 41.6 Å². The fraction of sp³-hybridized carbons (Fsp3) is 0.238. The first kappa shape index (κ1) is 21.2. The molecule has 0 atom stereocenters. The summed E-state index contributed by atoms with van der Waals surface area (Å²) >= 11 is 7.43. The van der Waals surface area contributed by atoms with Gasteiger partial charge in [0.15, 0.2) is 22.3 Å². The Balaban J connectivity index is 1.59. The molecule has 0 saturated carbocycles. The fourth-order valence-electron chi connectivity index (χ4n) is 3.12. The molecule has 4 rings (SSSR count). The molecular weight excluding hydrogens is 438 g/mol. The summed E-state index contributed by atoms with van der Waals surface area (Å²) in [6.07, 6.45) is 0. The predicted molar refractivity (Wildman–Crippen MR) is 120 cm³/mol. The molecule has 4 aromatic rings. The second kappa shape index (κ2) is 8.99. The van der Waals surface area contributed by atoms with Gasteiger partial charge in [-0.3, -0.25) is 4.79 Å². The Labute approximate surface area is 187 Å². The Kier molecular flexibility index (Phi) is 6.15. The molecule has 0 spiro atoms. The monoisotopic (exact) mass is 457 g/mol. The predicted octanol–water partition coefficient (Wildman–Crippen LogP) is 3.67. The zero-order valence-electron chi connectivity index (χ0n) is 17.2.